The molecular weight excluding hydrogens is 182 g/mol. The molecule has 5 atom stereocenters. The van der Waals surface area contributed by atoms with Gasteiger partial charge in [0.25, 0.3) is 0 Å². The predicted octanol–water partition coefficient (Wildman–Crippen LogP) is -0.586. The van der Waals surface area contributed by atoms with E-state index in [0.29, 0.717) is 0 Å². The lowest BCUT2D eigenvalue weighted by Gasteiger charge is -2.25. The van der Waals surface area contributed by atoms with Crippen LogP contribution in [-0.2, 0) is 4.74 Å². The maximum atomic E-state index is 9.74. The van der Waals surface area contributed by atoms with Gasteiger partial charge >= 0.3 is 0 Å². The van der Waals surface area contributed by atoms with Crippen molar-refractivity contribution in [2.24, 2.45) is 0 Å². The first-order chi connectivity index (χ1) is 6.74. The van der Waals surface area contributed by atoms with Crippen molar-refractivity contribution >= 4 is 0 Å². The SMILES string of the molecule is C=CCC1NCCC2OC1C(O)C2O. The standard InChI is InChI=1S/C10H17NO3/c1-2-3-6-10-9(13)8(12)7(14-10)4-5-11-6/h2,6-13H,1,3-5H2. The molecule has 2 saturated heterocycles. The van der Waals surface area contributed by atoms with Crippen molar-refractivity contribution < 1.29 is 14.9 Å². The smallest absolute Gasteiger partial charge is 0.110 e. The first kappa shape index (κ1) is 10.1. The summed E-state index contributed by atoms with van der Waals surface area (Å²) in [6, 6.07) is 0.0737. The number of rotatable bonds is 2. The number of aliphatic hydroxyl groups excluding tert-OH is 2. The minimum atomic E-state index is -0.766. The van der Waals surface area contributed by atoms with Crippen LogP contribution in [0, 0.1) is 0 Å². The van der Waals surface area contributed by atoms with Crippen molar-refractivity contribution in [1.29, 1.82) is 0 Å². The summed E-state index contributed by atoms with van der Waals surface area (Å²) >= 11 is 0. The van der Waals surface area contributed by atoms with Gasteiger partial charge in [-0.15, -0.1) is 6.58 Å². The highest BCUT2D eigenvalue weighted by Crippen LogP contribution is 2.28. The van der Waals surface area contributed by atoms with Crippen LogP contribution in [0.2, 0.25) is 0 Å². The average molecular weight is 199 g/mol. The predicted molar refractivity (Wildman–Crippen MR) is 51.9 cm³/mol. The second kappa shape index (κ2) is 3.98. The monoisotopic (exact) mass is 199 g/mol. The molecule has 4 heteroatoms. The summed E-state index contributed by atoms with van der Waals surface area (Å²) in [7, 11) is 0. The van der Waals surface area contributed by atoms with E-state index in [2.05, 4.69) is 11.9 Å². The number of hydrogen-bond acceptors (Lipinski definition) is 4. The Morgan fingerprint density at radius 3 is 2.93 bits per heavy atom. The van der Waals surface area contributed by atoms with Crippen LogP contribution in [0.1, 0.15) is 12.8 Å². The summed E-state index contributed by atoms with van der Waals surface area (Å²) in [6.45, 7) is 4.49. The molecule has 2 aliphatic heterocycles. The van der Waals surface area contributed by atoms with Gasteiger partial charge in [-0.25, -0.2) is 0 Å². The fourth-order valence-electron chi connectivity index (χ4n) is 2.27. The molecule has 0 aromatic rings. The molecule has 14 heavy (non-hydrogen) atoms. The molecule has 2 fully saturated rings. The molecule has 3 N–H and O–H groups in total. The maximum absolute atomic E-state index is 9.74. The van der Waals surface area contributed by atoms with Crippen LogP contribution in [0.4, 0.5) is 0 Å². The Balaban J connectivity index is 2.11. The molecule has 2 heterocycles. The lowest BCUT2D eigenvalue weighted by molar-refractivity contribution is 0.000261. The van der Waals surface area contributed by atoms with Gasteiger partial charge in [-0.3, -0.25) is 0 Å². The Labute approximate surface area is 83.6 Å². The summed E-state index contributed by atoms with van der Waals surface area (Å²) in [5.74, 6) is 0. The van der Waals surface area contributed by atoms with Crippen LogP contribution in [0.25, 0.3) is 0 Å². The van der Waals surface area contributed by atoms with Crippen molar-refractivity contribution in [2.75, 3.05) is 6.54 Å². The molecule has 0 aromatic heterocycles. The van der Waals surface area contributed by atoms with Crippen LogP contribution < -0.4 is 5.32 Å². The van der Waals surface area contributed by atoms with Gasteiger partial charge in [0, 0.05) is 6.04 Å². The Hall–Kier alpha value is -0.420. The first-order valence-corrected chi connectivity index (χ1v) is 5.10. The summed E-state index contributed by atoms with van der Waals surface area (Å²) in [5.41, 5.74) is 0. The van der Waals surface area contributed by atoms with Crippen molar-refractivity contribution in [3.05, 3.63) is 12.7 Å². The molecule has 80 valence electrons. The van der Waals surface area contributed by atoms with E-state index in [9.17, 15) is 10.2 Å². The molecule has 0 spiro atoms. The van der Waals surface area contributed by atoms with Crippen molar-refractivity contribution in [2.45, 2.75) is 43.3 Å². The van der Waals surface area contributed by atoms with Crippen LogP contribution >= 0.6 is 0 Å². The molecule has 5 unspecified atom stereocenters. The third-order valence-electron chi connectivity index (χ3n) is 3.05. The second-order valence-electron chi connectivity index (χ2n) is 3.99. The number of ether oxygens (including phenoxy) is 1. The van der Waals surface area contributed by atoms with E-state index in [1.165, 1.54) is 0 Å². The zero-order valence-electron chi connectivity index (χ0n) is 8.10. The summed E-state index contributed by atoms with van der Waals surface area (Å²) in [6.07, 6.45) is 1.31. The van der Waals surface area contributed by atoms with Crippen molar-refractivity contribution in [3.8, 4) is 0 Å². The lowest BCUT2D eigenvalue weighted by Crippen LogP contribution is -2.47. The molecule has 0 aromatic carbocycles. The van der Waals surface area contributed by atoms with Crippen LogP contribution in [0.5, 0.6) is 0 Å². The van der Waals surface area contributed by atoms with Crippen molar-refractivity contribution in [3.63, 3.8) is 0 Å². The Kier molecular flexibility index (Phi) is 2.88. The summed E-state index contributed by atoms with van der Waals surface area (Å²) in [5, 5.41) is 22.7. The molecular formula is C10H17NO3. The lowest BCUT2D eigenvalue weighted by atomic mass is 9.97. The molecule has 2 aliphatic rings. The normalized spacial score (nSPS) is 47.4. The second-order valence-corrected chi connectivity index (χ2v) is 3.99. The number of hydrogen-bond donors (Lipinski definition) is 3. The molecule has 4 nitrogen and oxygen atoms in total. The third kappa shape index (κ3) is 1.59. The van der Waals surface area contributed by atoms with E-state index < -0.39 is 12.2 Å². The van der Waals surface area contributed by atoms with Gasteiger partial charge in [0.15, 0.2) is 0 Å². The van der Waals surface area contributed by atoms with Crippen LogP contribution in [0.3, 0.4) is 0 Å². The maximum Gasteiger partial charge on any atom is 0.110 e. The number of fused-ring (bicyclic) bond motifs is 2. The van der Waals surface area contributed by atoms with Crippen LogP contribution in [-0.4, -0.2) is 47.2 Å². The van der Waals surface area contributed by atoms with Gasteiger partial charge in [0.2, 0.25) is 0 Å². The zero-order valence-corrected chi connectivity index (χ0v) is 8.10. The quantitative estimate of drug-likeness (QED) is 0.520. The van der Waals surface area contributed by atoms with E-state index >= 15 is 0 Å². The molecule has 2 bridgehead atoms. The fourth-order valence-corrected chi connectivity index (χ4v) is 2.27. The topological polar surface area (TPSA) is 61.7 Å². The largest absolute Gasteiger partial charge is 0.388 e. The average Bonchev–Trinajstić information content (AvgIpc) is 2.41. The highest BCUT2D eigenvalue weighted by atomic mass is 16.5. The summed E-state index contributed by atoms with van der Waals surface area (Å²) in [4.78, 5) is 0. The Bertz CT molecular complexity index is 221. The summed E-state index contributed by atoms with van der Waals surface area (Å²) < 4.78 is 5.60. The Morgan fingerprint density at radius 2 is 2.21 bits per heavy atom. The van der Waals surface area contributed by atoms with Crippen LogP contribution in [0.15, 0.2) is 12.7 Å². The highest BCUT2D eigenvalue weighted by molar-refractivity contribution is 5.00. The van der Waals surface area contributed by atoms with E-state index in [4.69, 9.17) is 4.74 Å². The van der Waals surface area contributed by atoms with Gasteiger partial charge in [-0.1, -0.05) is 6.08 Å². The first-order valence-electron chi connectivity index (χ1n) is 5.10. The van der Waals surface area contributed by atoms with Gasteiger partial charge in [0.1, 0.15) is 18.3 Å². The van der Waals surface area contributed by atoms with Crippen molar-refractivity contribution in [1.82, 2.24) is 5.32 Å². The van der Waals surface area contributed by atoms with E-state index in [1.54, 1.807) is 6.08 Å². The van der Waals surface area contributed by atoms with E-state index in [1.807, 2.05) is 0 Å². The van der Waals surface area contributed by atoms with E-state index in [0.717, 1.165) is 19.4 Å². The molecule has 0 saturated carbocycles. The molecule has 0 radical (unpaired) electrons. The molecule has 2 rings (SSSR count). The highest BCUT2D eigenvalue weighted by Gasteiger charge is 2.46. The fraction of sp³-hybridized carbons (Fsp3) is 0.800. The van der Waals surface area contributed by atoms with Gasteiger partial charge in [0.05, 0.1) is 6.10 Å². The third-order valence-corrected chi connectivity index (χ3v) is 3.05. The van der Waals surface area contributed by atoms with Gasteiger partial charge in [-0.2, -0.15) is 0 Å². The number of aliphatic hydroxyl groups is 2. The van der Waals surface area contributed by atoms with Gasteiger partial charge < -0.3 is 20.3 Å². The van der Waals surface area contributed by atoms with Gasteiger partial charge in [-0.05, 0) is 19.4 Å². The minimum Gasteiger partial charge on any atom is -0.388 e. The minimum absolute atomic E-state index is 0.0737. The number of nitrogens with one attached hydrogen (secondary N) is 1. The molecule has 0 aliphatic carbocycles. The molecule has 0 amide bonds. The van der Waals surface area contributed by atoms with E-state index in [-0.39, 0.29) is 18.2 Å². The Morgan fingerprint density at radius 1 is 1.43 bits per heavy atom. The zero-order chi connectivity index (χ0) is 10.1.